The smallest absolute Gasteiger partial charge is 0.255 e. The van der Waals surface area contributed by atoms with E-state index in [1.54, 1.807) is 13.2 Å². The van der Waals surface area contributed by atoms with Gasteiger partial charge in [0, 0.05) is 42.1 Å². The van der Waals surface area contributed by atoms with Crippen molar-refractivity contribution in [2.45, 2.75) is 39.2 Å². The fourth-order valence-corrected chi connectivity index (χ4v) is 3.63. The Balaban J connectivity index is 1.48. The summed E-state index contributed by atoms with van der Waals surface area (Å²) in [5.74, 6) is 1.20. The zero-order valence-electron chi connectivity index (χ0n) is 17.2. The summed E-state index contributed by atoms with van der Waals surface area (Å²) in [6.07, 6.45) is 2.43. The van der Waals surface area contributed by atoms with E-state index in [0.29, 0.717) is 24.7 Å². The second-order valence-corrected chi connectivity index (χ2v) is 7.31. The van der Waals surface area contributed by atoms with Crippen molar-refractivity contribution in [3.63, 3.8) is 0 Å². The van der Waals surface area contributed by atoms with Gasteiger partial charge in [-0.2, -0.15) is 0 Å². The molecule has 2 heterocycles. The van der Waals surface area contributed by atoms with Crippen LogP contribution in [0.25, 0.3) is 0 Å². The van der Waals surface area contributed by atoms with Crippen molar-refractivity contribution < 1.29 is 9.53 Å². The Morgan fingerprint density at radius 3 is 2.76 bits per heavy atom. The minimum absolute atomic E-state index is 0.0403. The number of anilines is 2. The van der Waals surface area contributed by atoms with Crippen LogP contribution in [0.2, 0.25) is 0 Å². The van der Waals surface area contributed by atoms with E-state index >= 15 is 0 Å². The number of carbonyl (C=O) groups is 1. The van der Waals surface area contributed by atoms with Crippen LogP contribution in [0, 0.1) is 6.92 Å². The Bertz CT molecular complexity index is 903. The number of hydrogen-bond donors (Lipinski definition) is 3. The third kappa shape index (κ3) is 5.57. The molecule has 156 valence electrons. The molecular formula is C21H29N5O3. The van der Waals surface area contributed by atoms with Crippen LogP contribution in [-0.2, 0) is 11.2 Å². The predicted molar refractivity (Wildman–Crippen MR) is 114 cm³/mol. The van der Waals surface area contributed by atoms with Gasteiger partial charge in [-0.25, -0.2) is 4.98 Å². The summed E-state index contributed by atoms with van der Waals surface area (Å²) in [6, 6.07) is 7.55. The molecule has 1 aromatic heterocycles. The van der Waals surface area contributed by atoms with Crippen LogP contribution in [0.1, 0.15) is 31.0 Å². The highest BCUT2D eigenvalue weighted by atomic mass is 16.5. The SMILES string of the molecule is CCc1c(C)nc(NC2CCN(CC(=O)Nc3cccc(OC)c3)CC2)[nH]c1=O. The highest BCUT2D eigenvalue weighted by Gasteiger charge is 2.21. The minimum Gasteiger partial charge on any atom is -0.497 e. The summed E-state index contributed by atoms with van der Waals surface area (Å²) in [5.41, 5.74) is 2.15. The molecule has 2 aromatic rings. The van der Waals surface area contributed by atoms with Crippen molar-refractivity contribution in [2.75, 3.05) is 37.4 Å². The number of amides is 1. The molecule has 1 saturated heterocycles. The Morgan fingerprint density at radius 1 is 1.34 bits per heavy atom. The summed E-state index contributed by atoms with van der Waals surface area (Å²) in [4.78, 5) is 33.9. The van der Waals surface area contributed by atoms with Crippen LogP contribution in [0.4, 0.5) is 11.6 Å². The van der Waals surface area contributed by atoms with E-state index in [9.17, 15) is 9.59 Å². The number of methoxy groups -OCH3 is 1. The maximum Gasteiger partial charge on any atom is 0.255 e. The summed E-state index contributed by atoms with van der Waals surface area (Å²) >= 11 is 0. The number of piperidine rings is 1. The van der Waals surface area contributed by atoms with Gasteiger partial charge in [-0.15, -0.1) is 0 Å². The van der Waals surface area contributed by atoms with Crippen molar-refractivity contribution in [1.82, 2.24) is 14.9 Å². The molecule has 0 radical (unpaired) electrons. The Labute approximate surface area is 170 Å². The second-order valence-electron chi connectivity index (χ2n) is 7.31. The van der Waals surface area contributed by atoms with Gasteiger partial charge in [-0.05, 0) is 38.3 Å². The Morgan fingerprint density at radius 2 is 2.10 bits per heavy atom. The highest BCUT2D eigenvalue weighted by Crippen LogP contribution is 2.18. The molecule has 29 heavy (non-hydrogen) atoms. The number of aromatic amines is 1. The van der Waals surface area contributed by atoms with Gasteiger partial charge >= 0.3 is 0 Å². The number of likely N-dealkylation sites (tertiary alicyclic amines) is 1. The van der Waals surface area contributed by atoms with Gasteiger partial charge < -0.3 is 15.4 Å². The van der Waals surface area contributed by atoms with Crippen molar-refractivity contribution in [3.8, 4) is 5.75 Å². The van der Waals surface area contributed by atoms with Crippen LogP contribution in [-0.4, -0.2) is 53.6 Å². The summed E-state index contributed by atoms with van der Waals surface area (Å²) in [7, 11) is 1.60. The minimum atomic E-state index is -0.0749. The number of H-pyrrole nitrogens is 1. The van der Waals surface area contributed by atoms with E-state index in [4.69, 9.17) is 4.74 Å². The van der Waals surface area contributed by atoms with Gasteiger partial charge in [0.15, 0.2) is 0 Å². The zero-order chi connectivity index (χ0) is 20.8. The van der Waals surface area contributed by atoms with Gasteiger partial charge in [-0.1, -0.05) is 13.0 Å². The molecule has 0 saturated carbocycles. The third-order valence-electron chi connectivity index (χ3n) is 5.22. The molecule has 3 N–H and O–H groups in total. The van der Waals surface area contributed by atoms with Gasteiger partial charge in [0.05, 0.1) is 13.7 Å². The molecule has 1 aliphatic heterocycles. The average Bonchev–Trinajstić information content (AvgIpc) is 2.69. The van der Waals surface area contributed by atoms with Crippen molar-refractivity contribution in [2.24, 2.45) is 0 Å². The topological polar surface area (TPSA) is 99.3 Å². The largest absolute Gasteiger partial charge is 0.497 e. The number of nitrogens with one attached hydrogen (secondary N) is 3. The highest BCUT2D eigenvalue weighted by molar-refractivity contribution is 5.92. The van der Waals surface area contributed by atoms with Gasteiger partial charge in [-0.3, -0.25) is 19.5 Å². The first-order valence-corrected chi connectivity index (χ1v) is 10.0. The standard InChI is InChI=1S/C21H29N5O3/c1-4-18-14(2)22-21(25-20(18)28)24-15-8-10-26(11-9-15)13-19(27)23-16-6-5-7-17(12-16)29-3/h5-7,12,15H,4,8-11,13H2,1-3H3,(H,23,27)(H2,22,24,25,28). The lowest BCUT2D eigenvalue weighted by Crippen LogP contribution is -2.43. The molecule has 1 aliphatic rings. The Hall–Kier alpha value is -2.87. The first-order chi connectivity index (χ1) is 14.0. The van der Waals surface area contributed by atoms with Gasteiger partial charge in [0.2, 0.25) is 11.9 Å². The van der Waals surface area contributed by atoms with E-state index in [2.05, 4.69) is 25.5 Å². The molecule has 8 nitrogen and oxygen atoms in total. The molecule has 1 fully saturated rings. The number of carbonyl (C=O) groups excluding carboxylic acids is 1. The number of hydrogen-bond acceptors (Lipinski definition) is 6. The van der Waals surface area contributed by atoms with Crippen molar-refractivity contribution in [3.05, 3.63) is 45.9 Å². The summed E-state index contributed by atoms with van der Waals surface area (Å²) in [5, 5.41) is 6.24. The summed E-state index contributed by atoms with van der Waals surface area (Å²) < 4.78 is 5.18. The molecule has 1 aromatic carbocycles. The quantitative estimate of drug-likeness (QED) is 0.660. The monoisotopic (exact) mass is 399 g/mol. The fraction of sp³-hybridized carbons (Fsp3) is 0.476. The lowest BCUT2D eigenvalue weighted by atomic mass is 10.1. The molecule has 1 amide bonds. The lowest BCUT2D eigenvalue weighted by Gasteiger charge is -2.32. The van der Waals surface area contributed by atoms with Gasteiger partial charge in [0.1, 0.15) is 5.75 Å². The van der Waals surface area contributed by atoms with E-state index in [1.807, 2.05) is 32.0 Å². The van der Waals surface area contributed by atoms with Crippen molar-refractivity contribution >= 4 is 17.5 Å². The number of benzene rings is 1. The number of ether oxygens (including phenoxy) is 1. The molecule has 0 atom stereocenters. The maximum absolute atomic E-state index is 12.3. The van der Waals surface area contributed by atoms with E-state index in [-0.39, 0.29) is 17.5 Å². The molecular weight excluding hydrogens is 370 g/mol. The predicted octanol–water partition coefficient (Wildman–Crippen LogP) is 2.16. The molecule has 0 bridgehead atoms. The molecule has 3 rings (SSSR count). The molecule has 0 aliphatic carbocycles. The molecule has 0 unspecified atom stereocenters. The number of aryl methyl sites for hydroxylation is 1. The first-order valence-electron chi connectivity index (χ1n) is 10.0. The molecule has 0 spiro atoms. The second kappa shape index (κ2) is 9.56. The lowest BCUT2D eigenvalue weighted by molar-refractivity contribution is -0.117. The Kier molecular flexibility index (Phi) is 6.87. The zero-order valence-corrected chi connectivity index (χ0v) is 17.2. The maximum atomic E-state index is 12.3. The van der Waals surface area contributed by atoms with Crippen LogP contribution in [0.5, 0.6) is 5.75 Å². The van der Waals surface area contributed by atoms with Crippen LogP contribution in [0.15, 0.2) is 29.1 Å². The number of rotatable bonds is 7. The van der Waals surface area contributed by atoms with Crippen LogP contribution >= 0.6 is 0 Å². The first kappa shape index (κ1) is 20.9. The van der Waals surface area contributed by atoms with Crippen LogP contribution in [0.3, 0.4) is 0 Å². The van der Waals surface area contributed by atoms with E-state index < -0.39 is 0 Å². The van der Waals surface area contributed by atoms with Gasteiger partial charge in [0.25, 0.3) is 5.56 Å². The fourth-order valence-electron chi connectivity index (χ4n) is 3.63. The van der Waals surface area contributed by atoms with E-state index in [0.717, 1.165) is 42.9 Å². The number of nitrogens with zero attached hydrogens (tertiary/aromatic N) is 2. The van der Waals surface area contributed by atoms with Crippen molar-refractivity contribution in [1.29, 1.82) is 0 Å². The molecule has 8 heteroatoms. The van der Waals surface area contributed by atoms with E-state index in [1.165, 1.54) is 0 Å². The normalized spacial score (nSPS) is 15.1. The van der Waals surface area contributed by atoms with Crippen LogP contribution < -0.4 is 20.9 Å². The average molecular weight is 399 g/mol. The third-order valence-corrected chi connectivity index (χ3v) is 5.22. The number of aromatic nitrogens is 2. The summed E-state index contributed by atoms with van der Waals surface area (Å²) in [6.45, 7) is 5.78.